The number of ether oxygens (including phenoxy) is 2. The van der Waals surface area contributed by atoms with Gasteiger partial charge in [-0.25, -0.2) is 12.8 Å². The van der Waals surface area contributed by atoms with Crippen LogP contribution in [0.25, 0.3) is 0 Å². The minimum atomic E-state index is -4.38. The number of methoxy groups -OCH3 is 2. The number of anilines is 1. The lowest BCUT2D eigenvalue weighted by molar-refractivity contribution is -0.139. The Morgan fingerprint density at radius 3 is 2.10 bits per heavy atom. The van der Waals surface area contributed by atoms with Crippen LogP contribution in [-0.2, 0) is 26.2 Å². The van der Waals surface area contributed by atoms with Crippen LogP contribution in [0.4, 0.5) is 10.1 Å². The van der Waals surface area contributed by atoms with Crippen molar-refractivity contribution in [3.8, 4) is 11.5 Å². The van der Waals surface area contributed by atoms with Gasteiger partial charge >= 0.3 is 0 Å². The molecule has 0 bridgehead atoms. The fourth-order valence-corrected chi connectivity index (χ4v) is 5.71. The van der Waals surface area contributed by atoms with Crippen LogP contribution in [0.2, 0.25) is 0 Å². The summed E-state index contributed by atoms with van der Waals surface area (Å²) in [4.78, 5) is 28.0. The lowest BCUT2D eigenvalue weighted by atomic mass is 10.1. The van der Waals surface area contributed by atoms with E-state index in [1.165, 1.54) is 49.5 Å². The minimum absolute atomic E-state index is 0.0481. The number of nitrogens with one attached hydrogen (secondary N) is 1. The number of rotatable bonds is 12. The monoisotopic (exact) mass is 649 g/mol. The molecule has 9 nitrogen and oxygen atoms in total. The molecule has 0 saturated heterocycles. The number of amides is 2. The normalized spacial score (nSPS) is 12.0. The molecule has 220 valence electrons. The van der Waals surface area contributed by atoms with Crippen LogP contribution >= 0.6 is 15.9 Å². The fourth-order valence-electron chi connectivity index (χ4n) is 4.01. The van der Waals surface area contributed by atoms with E-state index in [0.717, 1.165) is 26.5 Å². The molecule has 2 amide bonds. The highest BCUT2D eigenvalue weighted by molar-refractivity contribution is 9.10. The molecule has 12 heteroatoms. The molecule has 0 aromatic heterocycles. The molecule has 0 heterocycles. The molecule has 0 saturated carbocycles. The summed E-state index contributed by atoms with van der Waals surface area (Å²) in [7, 11) is -1.58. The molecule has 0 radical (unpaired) electrons. The van der Waals surface area contributed by atoms with Gasteiger partial charge in [0.25, 0.3) is 10.0 Å². The maximum atomic E-state index is 14.0. The van der Waals surface area contributed by atoms with E-state index in [-0.39, 0.29) is 34.8 Å². The smallest absolute Gasteiger partial charge is 0.264 e. The van der Waals surface area contributed by atoms with Crippen molar-refractivity contribution >= 4 is 43.5 Å². The summed E-state index contributed by atoms with van der Waals surface area (Å²) in [5.41, 5.74) is 0.805. The first-order valence-electron chi connectivity index (χ1n) is 12.7. The first-order chi connectivity index (χ1) is 19.4. The number of carbonyl (C=O) groups is 2. The molecule has 1 N–H and O–H groups in total. The molecule has 0 fully saturated rings. The Balaban J connectivity index is 2.06. The van der Waals surface area contributed by atoms with Crippen molar-refractivity contribution < 1.29 is 31.9 Å². The summed E-state index contributed by atoms with van der Waals surface area (Å²) in [5, 5.41) is 2.80. The molecule has 41 heavy (non-hydrogen) atoms. The van der Waals surface area contributed by atoms with Gasteiger partial charge in [0.15, 0.2) is 11.5 Å². The van der Waals surface area contributed by atoms with Crippen molar-refractivity contribution in [1.29, 1.82) is 0 Å². The van der Waals surface area contributed by atoms with Crippen LogP contribution in [0, 0.1) is 5.82 Å². The van der Waals surface area contributed by atoms with E-state index in [1.807, 2.05) is 12.1 Å². The van der Waals surface area contributed by atoms with Gasteiger partial charge in [0.05, 0.1) is 24.8 Å². The maximum absolute atomic E-state index is 14.0. The summed E-state index contributed by atoms with van der Waals surface area (Å²) < 4.78 is 54.0. The number of carbonyl (C=O) groups excluding carboxylic acids is 2. The largest absolute Gasteiger partial charge is 0.493 e. The van der Waals surface area contributed by atoms with Crippen molar-refractivity contribution in [2.45, 2.75) is 44.3 Å². The first-order valence-corrected chi connectivity index (χ1v) is 14.9. The molecule has 3 aromatic carbocycles. The van der Waals surface area contributed by atoms with E-state index in [1.54, 1.807) is 32.9 Å². The van der Waals surface area contributed by atoms with Crippen LogP contribution in [-0.4, -0.2) is 58.0 Å². The average molecular weight is 651 g/mol. The lowest BCUT2D eigenvalue weighted by Gasteiger charge is -2.32. The summed E-state index contributed by atoms with van der Waals surface area (Å²) in [6.45, 7) is 4.58. The van der Waals surface area contributed by atoms with Crippen LogP contribution < -0.4 is 19.1 Å². The molecule has 0 aliphatic rings. The number of benzene rings is 3. The third-order valence-corrected chi connectivity index (χ3v) is 8.50. The molecule has 0 aliphatic carbocycles. The second kappa shape index (κ2) is 13.8. The molecular formula is C29H33BrFN3O6S. The van der Waals surface area contributed by atoms with Gasteiger partial charge < -0.3 is 19.7 Å². The lowest BCUT2D eigenvalue weighted by Crippen LogP contribution is -2.52. The van der Waals surface area contributed by atoms with E-state index in [9.17, 15) is 22.4 Å². The Morgan fingerprint density at radius 1 is 0.927 bits per heavy atom. The van der Waals surface area contributed by atoms with Crippen molar-refractivity contribution in [2.24, 2.45) is 0 Å². The van der Waals surface area contributed by atoms with Gasteiger partial charge in [-0.05, 0) is 74.9 Å². The third-order valence-electron chi connectivity index (χ3n) is 6.20. The summed E-state index contributed by atoms with van der Waals surface area (Å²) in [6, 6.07) is 14.9. The zero-order chi connectivity index (χ0) is 30.3. The molecule has 3 aromatic rings. The van der Waals surface area contributed by atoms with E-state index < -0.39 is 34.3 Å². The van der Waals surface area contributed by atoms with E-state index in [0.29, 0.717) is 5.75 Å². The quantitative estimate of drug-likeness (QED) is 0.304. The Hall–Kier alpha value is -3.64. The third kappa shape index (κ3) is 7.98. The molecule has 0 spiro atoms. The molecule has 1 atom stereocenters. The van der Waals surface area contributed by atoms with Gasteiger partial charge in [0.2, 0.25) is 11.8 Å². The van der Waals surface area contributed by atoms with Gasteiger partial charge in [-0.2, -0.15) is 0 Å². The van der Waals surface area contributed by atoms with Crippen LogP contribution in [0.15, 0.2) is 76.1 Å². The van der Waals surface area contributed by atoms with Gasteiger partial charge in [0, 0.05) is 23.1 Å². The predicted molar refractivity (Wildman–Crippen MR) is 158 cm³/mol. The first kappa shape index (κ1) is 31.9. The Morgan fingerprint density at radius 2 is 1.54 bits per heavy atom. The van der Waals surface area contributed by atoms with Crippen molar-refractivity contribution in [2.75, 3.05) is 25.1 Å². The minimum Gasteiger partial charge on any atom is -0.493 e. The number of hydrogen-bond acceptors (Lipinski definition) is 6. The number of halogens is 2. The van der Waals surface area contributed by atoms with Crippen LogP contribution in [0.1, 0.15) is 26.3 Å². The van der Waals surface area contributed by atoms with Crippen molar-refractivity contribution in [1.82, 2.24) is 10.2 Å². The second-order valence-corrected chi connectivity index (χ2v) is 12.3. The molecule has 0 aliphatic heterocycles. The number of sulfonamides is 1. The SMILES string of the molecule is COc1ccc(S(=O)(=O)N(CC(=O)N(Cc2ccc(Br)cc2)C(C)C(=O)NC(C)C)c2ccc(F)cc2)cc1OC. The zero-order valence-electron chi connectivity index (χ0n) is 23.4. The van der Waals surface area contributed by atoms with Gasteiger partial charge in [-0.3, -0.25) is 13.9 Å². The average Bonchev–Trinajstić information content (AvgIpc) is 2.94. The molecule has 3 rings (SSSR count). The standard InChI is InChI=1S/C29H33BrFN3O6S/c1-19(2)32-29(36)20(3)33(17-21-6-8-22(30)9-7-21)28(35)18-34(24-12-10-23(31)11-13-24)41(37,38)25-14-15-26(39-4)27(16-25)40-5/h6-16,19-20H,17-18H2,1-5H3,(H,32,36). The summed E-state index contributed by atoms with van der Waals surface area (Å²) in [5.74, 6) is -1.09. The Kier molecular flexibility index (Phi) is 10.7. The van der Waals surface area contributed by atoms with Crippen LogP contribution in [0.3, 0.4) is 0 Å². The van der Waals surface area contributed by atoms with E-state index in [2.05, 4.69) is 21.2 Å². The van der Waals surface area contributed by atoms with E-state index in [4.69, 9.17) is 9.47 Å². The molecular weight excluding hydrogens is 617 g/mol. The van der Waals surface area contributed by atoms with Crippen molar-refractivity contribution in [3.05, 3.63) is 82.6 Å². The van der Waals surface area contributed by atoms with Gasteiger partial charge in [-0.1, -0.05) is 28.1 Å². The maximum Gasteiger partial charge on any atom is 0.264 e. The number of hydrogen-bond donors (Lipinski definition) is 1. The van der Waals surface area contributed by atoms with Gasteiger partial charge in [-0.15, -0.1) is 0 Å². The summed E-state index contributed by atoms with van der Waals surface area (Å²) >= 11 is 3.39. The fraction of sp³-hybridized carbons (Fsp3) is 0.310. The van der Waals surface area contributed by atoms with E-state index >= 15 is 0 Å². The highest BCUT2D eigenvalue weighted by atomic mass is 79.9. The molecule has 1 unspecified atom stereocenters. The zero-order valence-corrected chi connectivity index (χ0v) is 25.8. The second-order valence-electron chi connectivity index (χ2n) is 9.49. The predicted octanol–water partition coefficient (Wildman–Crippen LogP) is 4.74. The highest BCUT2D eigenvalue weighted by Crippen LogP contribution is 2.32. The topological polar surface area (TPSA) is 105 Å². The highest BCUT2D eigenvalue weighted by Gasteiger charge is 2.33. The Bertz CT molecular complexity index is 1470. The Labute approximate surface area is 248 Å². The summed E-state index contributed by atoms with van der Waals surface area (Å²) in [6.07, 6.45) is 0. The van der Waals surface area contributed by atoms with Crippen molar-refractivity contribution in [3.63, 3.8) is 0 Å². The van der Waals surface area contributed by atoms with Gasteiger partial charge in [0.1, 0.15) is 18.4 Å². The van der Waals surface area contributed by atoms with Crippen LogP contribution in [0.5, 0.6) is 11.5 Å². The number of nitrogens with zero attached hydrogens (tertiary/aromatic N) is 2.